The molecule has 6 nitrogen and oxygen atoms in total. The molecule has 1 aliphatic rings. The lowest BCUT2D eigenvalue weighted by Crippen LogP contribution is -2.53. The number of fused-ring (bicyclic) bond motifs is 2. The summed E-state index contributed by atoms with van der Waals surface area (Å²) in [6.07, 6.45) is 1.10. The third-order valence-electron chi connectivity index (χ3n) is 5.28. The highest BCUT2D eigenvalue weighted by Gasteiger charge is 2.36. The third-order valence-corrected chi connectivity index (χ3v) is 6.89. The number of carbonyl (C=O) groups is 2. The number of hydrazine groups is 1. The Hall–Kier alpha value is -2.73. The van der Waals surface area contributed by atoms with E-state index in [1.54, 1.807) is 18.3 Å². The second-order valence-corrected chi connectivity index (χ2v) is 9.66. The Morgan fingerprint density at radius 3 is 2.66 bits per heavy atom. The van der Waals surface area contributed by atoms with Crippen LogP contribution in [0, 0.1) is 7.14 Å². The highest BCUT2D eigenvalue weighted by molar-refractivity contribution is 14.1. The fourth-order valence-electron chi connectivity index (χ4n) is 3.77. The first kappa shape index (κ1) is 21.1. The molecular formula is C24H16I2N4O2. The number of hydrogen-bond acceptors (Lipinski definition) is 4. The van der Waals surface area contributed by atoms with E-state index in [-0.39, 0.29) is 11.8 Å². The van der Waals surface area contributed by atoms with E-state index < -0.39 is 6.17 Å². The molecule has 0 radical (unpaired) electrons. The molecule has 8 heteroatoms. The van der Waals surface area contributed by atoms with E-state index in [1.807, 2.05) is 60.7 Å². The zero-order valence-electron chi connectivity index (χ0n) is 16.5. The van der Waals surface area contributed by atoms with Crippen molar-refractivity contribution in [2.24, 2.45) is 0 Å². The largest absolute Gasteiger partial charge is 0.359 e. The molecule has 1 aliphatic heterocycles. The van der Waals surface area contributed by atoms with E-state index in [9.17, 15) is 9.59 Å². The Morgan fingerprint density at radius 2 is 1.81 bits per heavy atom. The summed E-state index contributed by atoms with van der Waals surface area (Å²) >= 11 is 4.29. The van der Waals surface area contributed by atoms with Crippen molar-refractivity contribution in [3.05, 3.63) is 103 Å². The van der Waals surface area contributed by atoms with Gasteiger partial charge in [-0.2, -0.15) is 0 Å². The average molecular weight is 646 g/mol. The van der Waals surface area contributed by atoms with Gasteiger partial charge in [-0.05, 0) is 81.6 Å². The lowest BCUT2D eigenvalue weighted by molar-refractivity contribution is 0.0492. The molecule has 1 atom stereocenters. The standard InChI is InChI=1S/C24H16I2N4O2/c25-15-10-11-20-18(13-15)24(32)30(29-23(31)16-7-1-2-9-19(16)26)22(28-20)17-8-3-5-14-6-4-12-27-21(14)17/h1-13,22,28H,(H,29,31). The molecule has 0 saturated heterocycles. The Kier molecular flexibility index (Phi) is 5.72. The molecule has 0 aliphatic carbocycles. The van der Waals surface area contributed by atoms with Gasteiger partial charge >= 0.3 is 0 Å². The number of rotatable bonds is 3. The topological polar surface area (TPSA) is 74.3 Å². The number of halogens is 2. The van der Waals surface area contributed by atoms with Gasteiger partial charge in [0.2, 0.25) is 0 Å². The Balaban J connectivity index is 1.62. The number of nitrogens with zero attached hydrogens (tertiary/aromatic N) is 2. The van der Waals surface area contributed by atoms with Gasteiger partial charge in [0.1, 0.15) is 0 Å². The number of amides is 2. The van der Waals surface area contributed by atoms with Gasteiger partial charge in [0.25, 0.3) is 11.8 Å². The molecule has 0 fully saturated rings. The van der Waals surface area contributed by atoms with Gasteiger partial charge in [-0.1, -0.05) is 36.4 Å². The van der Waals surface area contributed by atoms with Crippen molar-refractivity contribution in [3.8, 4) is 0 Å². The van der Waals surface area contributed by atoms with E-state index in [0.717, 1.165) is 23.6 Å². The van der Waals surface area contributed by atoms with Crippen LogP contribution < -0.4 is 10.7 Å². The SMILES string of the molecule is O=C(NN1C(=O)c2cc(I)ccc2NC1c1cccc2cccnc12)c1ccccc1I. The Morgan fingerprint density at radius 1 is 1.00 bits per heavy atom. The summed E-state index contributed by atoms with van der Waals surface area (Å²) in [7, 11) is 0. The van der Waals surface area contributed by atoms with Crippen LogP contribution in [0.4, 0.5) is 5.69 Å². The summed E-state index contributed by atoms with van der Waals surface area (Å²) < 4.78 is 1.74. The van der Waals surface area contributed by atoms with E-state index in [1.165, 1.54) is 5.01 Å². The van der Waals surface area contributed by atoms with Crippen molar-refractivity contribution in [3.63, 3.8) is 0 Å². The summed E-state index contributed by atoms with van der Waals surface area (Å²) in [6.45, 7) is 0. The minimum Gasteiger partial charge on any atom is -0.359 e. The maximum atomic E-state index is 13.6. The molecule has 32 heavy (non-hydrogen) atoms. The van der Waals surface area contributed by atoms with Crippen molar-refractivity contribution < 1.29 is 9.59 Å². The van der Waals surface area contributed by atoms with Crippen LogP contribution in [0.1, 0.15) is 32.4 Å². The summed E-state index contributed by atoms with van der Waals surface area (Å²) in [4.78, 5) is 31.3. The number of aromatic nitrogens is 1. The fraction of sp³-hybridized carbons (Fsp3) is 0.0417. The number of para-hydroxylation sites is 1. The molecule has 5 rings (SSSR count). The quantitative estimate of drug-likeness (QED) is 0.295. The van der Waals surface area contributed by atoms with Crippen molar-refractivity contribution in [1.82, 2.24) is 15.4 Å². The molecular weight excluding hydrogens is 630 g/mol. The molecule has 3 aromatic carbocycles. The molecule has 2 heterocycles. The molecule has 4 aromatic rings. The van der Waals surface area contributed by atoms with Crippen LogP contribution in [0.2, 0.25) is 0 Å². The van der Waals surface area contributed by atoms with E-state index >= 15 is 0 Å². The van der Waals surface area contributed by atoms with Crippen LogP contribution >= 0.6 is 45.2 Å². The maximum absolute atomic E-state index is 13.6. The van der Waals surface area contributed by atoms with Crippen LogP contribution in [0.5, 0.6) is 0 Å². The monoisotopic (exact) mass is 646 g/mol. The summed E-state index contributed by atoms with van der Waals surface area (Å²) in [5.41, 5.74) is 6.13. The summed E-state index contributed by atoms with van der Waals surface area (Å²) in [5, 5.41) is 5.75. The van der Waals surface area contributed by atoms with Crippen molar-refractivity contribution in [1.29, 1.82) is 0 Å². The van der Waals surface area contributed by atoms with Gasteiger partial charge in [-0.25, -0.2) is 5.01 Å². The first-order chi connectivity index (χ1) is 15.5. The predicted molar refractivity (Wildman–Crippen MR) is 140 cm³/mol. The summed E-state index contributed by atoms with van der Waals surface area (Å²) in [6, 6.07) is 22.6. The molecule has 1 unspecified atom stereocenters. The van der Waals surface area contributed by atoms with Gasteiger partial charge in [0.15, 0.2) is 6.17 Å². The zero-order valence-corrected chi connectivity index (χ0v) is 20.9. The van der Waals surface area contributed by atoms with Crippen LogP contribution in [0.3, 0.4) is 0 Å². The van der Waals surface area contributed by atoms with Gasteiger partial charge in [0, 0.05) is 30.0 Å². The predicted octanol–water partition coefficient (Wildman–Crippen LogP) is 5.36. The number of pyridine rings is 1. The highest BCUT2D eigenvalue weighted by atomic mass is 127. The molecule has 0 spiro atoms. The van der Waals surface area contributed by atoms with E-state index in [2.05, 4.69) is 60.9 Å². The fourth-order valence-corrected chi connectivity index (χ4v) is 4.90. The third kappa shape index (κ3) is 3.81. The molecule has 0 saturated carbocycles. The van der Waals surface area contributed by atoms with Crippen LogP contribution in [-0.2, 0) is 0 Å². The van der Waals surface area contributed by atoms with Gasteiger partial charge in [0.05, 0.1) is 16.6 Å². The molecule has 2 amide bonds. The minimum atomic E-state index is -0.626. The Bertz CT molecular complexity index is 1370. The summed E-state index contributed by atoms with van der Waals surface area (Å²) in [5.74, 6) is -0.632. The number of nitrogens with one attached hydrogen (secondary N) is 2. The zero-order chi connectivity index (χ0) is 22.2. The minimum absolute atomic E-state index is 0.283. The van der Waals surface area contributed by atoms with Gasteiger partial charge < -0.3 is 5.32 Å². The number of carbonyl (C=O) groups excluding carboxylic acids is 2. The normalized spacial score (nSPS) is 15.2. The average Bonchev–Trinajstić information content (AvgIpc) is 2.81. The lowest BCUT2D eigenvalue weighted by atomic mass is 10.0. The smallest absolute Gasteiger partial charge is 0.276 e. The van der Waals surface area contributed by atoms with Crippen molar-refractivity contribution in [2.45, 2.75) is 6.17 Å². The number of anilines is 1. The second kappa shape index (κ2) is 8.66. The maximum Gasteiger partial charge on any atom is 0.276 e. The number of hydrogen-bond donors (Lipinski definition) is 2. The van der Waals surface area contributed by atoms with Crippen LogP contribution in [0.15, 0.2) is 79.0 Å². The second-order valence-electron chi connectivity index (χ2n) is 7.26. The van der Waals surface area contributed by atoms with Gasteiger partial charge in [-0.15, -0.1) is 0 Å². The highest BCUT2D eigenvalue weighted by Crippen LogP contribution is 2.35. The van der Waals surface area contributed by atoms with Crippen LogP contribution in [0.25, 0.3) is 10.9 Å². The molecule has 2 N–H and O–H groups in total. The van der Waals surface area contributed by atoms with E-state index in [0.29, 0.717) is 16.8 Å². The van der Waals surface area contributed by atoms with Gasteiger partial charge in [-0.3, -0.25) is 20.0 Å². The molecule has 158 valence electrons. The molecule has 0 bridgehead atoms. The van der Waals surface area contributed by atoms with Crippen molar-refractivity contribution in [2.75, 3.05) is 5.32 Å². The first-order valence-corrected chi connectivity index (χ1v) is 12.0. The molecule has 1 aromatic heterocycles. The van der Waals surface area contributed by atoms with Crippen LogP contribution in [-0.4, -0.2) is 21.8 Å². The van der Waals surface area contributed by atoms with Crippen molar-refractivity contribution >= 4 is 73.6 Å². The number of benzene rings is 3. The lowest BCUT2D eigenvalue weighted by Gasteiger charge is -2.38. The van der Waals surface area contributed by atoms with E-state index in [4.69, 9.17) is 0 Å². The first-order valence-electron chi connectivity index (χ1n) is 9.82. The Labute approximate surface area is 211 Å².